The minimum Gasteiger partial charge on any atom is -0.397 e. The van der Waals surface area contributed by atoms with E-state index in [-0.39, 0.29) is 10.7 Å². The van der Waals surface area contributed by atoms with Crippen LogP contribution in [0.4, 0.5) is 11.4 Å². The second-order valence-electron chi connectivity index (χ2n) is 5.05. The van der Waals surface area contributed by atoms with E-state index in [1.807, 2.05) is 43.3 Å². The largest absolute Gasteiger partial charge is 0.397 e. The van der Waals surface area contributed by atoms with Gasteiger partial charge in [0, 0.05) is 17.5 Å². The van der Waals surface area contributed by atoms with Crippen LogP contribution in [0.3, 0.4) is 0 Å². The maximum absolute atomic E-state index is 11.2. The summed E-state index contributed by atoms with van der Waals surface area (Å²) in [6, 6.07) is 10.7. The monoisotopic (exact) mass is 337 g/mol. The fourth-order valence-corrected chi connectivity index (χ4v) is 3.21. The van der Waals surface area contributed by atoms with E-state index < -0.39 is 4.92 Å². The third-order valence-corrected chi connectivity index (χ3v) is 4.45. The third-order valence-electron chi connectivity index (χ3n) is 2.95. The van der Waals surface area contributed by atoms with Gasteiger partial charge in [0.25, 0.3) is 5.69 Å². The fraction of sp³-hybridized carbons (Fsp3) is 0.200. The molecule has 0 radical (unpaired) electrons. The highest BCUT2D eigenvalue weighted by atomic mass is 35.5. The molecule has 0 bridgehead atoms. The molecule has 0 heterocycles. The Kier molecular flexibility index (Phi) is 5.28. The van der Waals surface area contributed by atoms with Gasteiger partial charge < -0.3 is 10.6 Å². The molecule has 0 unspecified atom stereocenters. The molecule has 5 nitrogen and oxygen atoms in total. The Bertz CT molecular complexity index is 707. The quantitative estimate of drug-likeness (QED) is 0.506. The lowest BCUT2D eigenvalue weighted by Gasteiger charge is -2.14. The highest BCUT2D eigenvalue weighted by Crippen LogP contribution is 2.40. The summed E-state index contributed by atoms with van der Waals surface area (Å²) in [5.41, 5.74) is 7.18. The molecule has 0 spiro atoms. The Hall–Kier alpha value is -1.76. The molecule has 116 valence electrons. The first kappa shape index (κ1) is 16.6. The van der Waals surface area contributed by atoms with Crippen molar-refractivity contribution in [2.45, 2.75) is 16.3 Å². The fourth-order valence-electron chi connectivity index (χ4n) is 1.98. The summed E-state index contributed by atoms with van der Waals surface area (Å²) in [7, 11) is 3.95. The maximum atomic E-state index is 11.2. The van der Waals surface area contributed by atoms with Crippen LogP contribution in [0, 0.1) is 10.1 Å². The highest BCUT2D eigenvalue weighted by molar-refractivity contribution is 7.99. The van der Waals surface area contributed by atoms with Gasteiger partial charge in [-0.15, -0.1) is 0 Å². The van der Waals surface area contributed by atoms with Crippen LogP contribution in [0.15, 0.2) is 46.2 Å². The molecule has 0 fully saturated rings. The summed E-state index contributed by atoms with van der Waals surface area (Å²) in [5.74, 6) is 0. The lowest BCUT2D eigenvalue weighted by atomic mass is 10.2. The first-order chi connectivity index (χ1) is 10.4. The molecule has 2 aromatic carbocycles. The minimum atomic E-state index is -0.442. The van der Waals surface area contributed by atoms with Gasteiger partial charge in [-0.2, -0.15) is 0 Å². The molecule has 0 saturated carbocycles. The Labute approximate surface area is 138 Å². The van der Waals surface area contributed by atoms with Gasteiger partial charge in [0.15, 0.2) is 0 Å². The molecule has 2 rings (SSSR count). The zero-order valence-corrected chi connectivity index (χ0v) is 13.8. The number of hydrogen-bond acceptors (Lipinski definition) is 5. The van der Waals surface area contributed by atoms with Crippen molar-refractivity contribution in [3.63, 3.8) is 0 Å². The number of anilines is 1. The average Bonchev–Trinajstić information content (AvgIpc) is 2.44. The van der Waals surface area contributed by atoms with Crippen LogP contribution in [0.25, 0.3) is 0 Å². The first-order valence-electron chi connectivity index (χ1n) is 6.52. The molecule has 7 heteroatoms. The van der Waals surface area contributed by atoms with Crippen LogP contribution in [-0.2, 0) is 6.54 Å². The molecule has 0 amide bonds. The number of hydrogen-bond donors (Lipinski definition) is 1. The van der Waals surface area contributed by atoms with Gasteiger partial charge in [-0.05, 0) is 31.8 Å². The summed E-state index contributed by atoms with van der Waals surface area (Å²) >= 11 is 7.21. The number of nitrogens with two attached hydrogens (primary N) is 1. The summed E-state index contributed by atoms with van der Waals surface area (Å²) in [5, 5.41) is 11.4. The number of nitro benzene ring substituents is 1. The smallest absolute Gasteiger partial charge is 0.284 e. The first-order valence-corrected chi connectivity index (χ1v) is 7.72. The van der Waals surface area contributed by atoms with Crippen molar-refractivity contribution >= 4 is 34.7 Å². The molecular formula is C15H16ClN3O2S. The summed E-state index contributed by atoms with van der Waals surface area (Å²) in [6.07, 6.45) is 0. The Morgan fingerprint density at radius 2 is 1.95 bits per heavy atom. The minimum absolute atomic E-state index is 0.0381. The summed E-state index contributed by atoms with van der Waals surface area (Å²) < 4.78 is 0. The molecule has 2 N–H and O–H groups in total. The Balaban J connectivity index is 2.43. The van der Waals surface area contributed by atoms with Crippen molar-refractivity contribution in [2.24, 2.45) is 0 Å². The molecule has 2 aromatic rings. The van der Waals surface area contributed by atoms with Crippen molar-refractivity contribution < 1.29 is 4.92 Å². The maximum Gasteiger partial charge on any atom is 0.284 e. The number of nitro groups is 1. The Morgan fingerprint density at radius 3 is 2.59 bits per heavy atom. The second-order valence-corrected chi connectivity index (χ2v) is 6.54. The highest BCUT2D eigenvalue weighted by Gasteiger charge is 2.18. The van der Waals surface area contributed by atoms with Crippen molar-refractivity contribution in [3.8, 4) is 0 Å². The van der Waals surface area contributed by atoms with Gasteiger partial charge in [0.05, 0.1) is 20.5 Å². The number of rotatable bonds is 5. The molecule has 0 aliphatic rings. The average molecular weight is 338 g/mol. The van der Waals surface area contributed by atoms with E-state index in [9.17, 15) is 10.1 Å². The van der Waals surface area contributed by atoms with Crippen LogP contribution in [0.2, 0.25) is 5.02 Å². The molecule has 0 aliphatic carbocycles. The van der Waals surface area contributed by atoms with E-state index in [4.69, 9.17) is 17.3 Å². The van der Waals surface area contributed by atoms with Crippen LogP contribution < -0.4 is 5.73 Å². The van der Waals surface area contributed by atoms with E-state index >= 15 is 0 Å². The topological polar surface area (TPSA) is 72.4 Å². The lowest BCUT2D eigenvalue weighted by Crippen LogP contribution is -2.11. The number of benzene rings is 2. The number of nitrogen functional groups attached to an aromatic ring is 1. The molecule has 0 atom stereocenters. The van der Waals surface area contributed by atoms with E-state index in [1.54, 1.807) is 6.07 Å². The molecule has 0 aliphatic heterocycles. The normalized spacial score (nSPS) is 10.9. The van der Waals surface area contributed by atoms with Crippen molar-refractivity contribution in [3.05, 3.63) is 57.1 Å². The van der Waals surface area contributed by atoms with Gasteiger partial charge in [0.1, 0.15) is 0 Å². The second kappa shape index (κ2) is 7.00. The van der Waals surface area contributed by atoms with Gasteiger partial charge >= 0.3 is 0 Å². The predicted molar refractivity (Wildman–Crippen MR) is 90.5 cm³/mol. The molecule has 0 saturated heterocycles. The van der Waals surface area contributed by atoms with Crippen molar-refractivity contribution in [1.82, 2.24) is 4.90 Å². The van der Waals surface area contributed by atoms with E-state index in [0.717, 1.165) is 17.0 Å². The SMILES string of the molecule is CN(C)Cc1ccccc1Sc1cc(N)c(Cl)cc1[N+](=O)[O-]. The van der Waals surface area contributed by atoms with E-state index in [1.165, 1.54) is 17.8 Å². The zero-order chi connectivity index (χ0) is 16.3. The van der Waals surface area contributed by atoms with Gasteiger partial charge in [-0.3, -0.25) is 10.1 Å². The number of halogens is 1. The zero-order valence-electron chi connectivity index (χ0n) is 12.2. The summed E-state index contributed by atoms with van der Waals surface area (Å²) in [6.45, 7) is 0.750. The molecule has 0 aromatic heterocycles. The molecule has 22 heavy (non-hydrogen) atoms. The standard InChI is InChI=1S/C15H16ClN3O2S/c1-18(2)9-10-5-3-4-6-14(10)22-15-8-12(17)11(16)7-13(15)19(20)21/h3-8H,9,17H2,1-2H3. The van der Waals surface area contributed by atoms with Crippen LogP contribution in [-0.4, -0.2) is 23.9 Å². The summed E-state index contributed by atoms with van der Waals surface area (Å²) in [4.78, 5) is 14.3. The van der Waals surface area contributed by atoms with Crippen LogP contribution in [0.5, 0.6) is 0 Å². The third kappa shape index (κ3) is 3.91. The van der Waals surface area contributed by atoms with E-state index in [2.05, 4.69) is 0 Å². The van der Waals surface area contributed by atoms with Gasteiger partial charge in [0.2, 0.25) is 0 Å². The molecular weight excluding hydrogens is 322 g/mol. The van der Waals surface area contributed by atoms with Crippen LogP contribution in [0.1, 0.15) is 5.56 Å². The van der Waals surface area contributed by atoms with Crippen molar-refractivity contribution in [1.29, 1.82) is 0 Å². The van der Waals surface area contributed by atoms with Gasteiger partial charge in [-0.25, -0.2) is 0 Å². The Morgan fingerprint density at radius 1 is 1.27 bits per heavy atom. The number of nitrogens with zero attached hydrogens (tertiary/aromatic N) is 2. The lowest BCUT2D eigenvalue weighted by molar-refractivity contribution is -0.387. The van der Waals surface area contributed by atoms with Gasteiger partial charge in [-0.1, -0.05) is 41.6 Å². The van der Waals surface area contributed by atoms with E-state index in [0.29, 0.717) is 10.6 Å². The predicted octanol–water partition coefficient (Wildman–Crippen LogP) is 4.04. The van der Waals surface area contributed by atoms with Crippen molar-refractivity contribution in [2.75, 3.05) is 19.8 Å². The van der Waals surface area contributed by atoms with Crippen LogP contribution >= 0.6 is 23.4 Å².